The lowest BCUT2D eigenvalue weighted by atomic mass is 10.1. The van der Waals surface area contributed by atoms with Crippen LogP contribution in [0.4, 0.5) is 0 Å². The second-order valence-electron chi connectivity index (χ2n) is 5.80. The fourth-order valence-electron chi connectivity index (χ4n) is 3.04. The van der Waals surface area contributed by atoms with Crippen molar-refractivity contribution in [2.45, 2.75) is 45.2 Å². The molecule has 0 aliphatic carbocycles. The highest BCUT2D eigenvalue weighted by atomic mass is 35.5. The molecular formula is C17H21ClN2. The maximum atomic E-state index is 6.37. The molecule has 2 aromatic rings. The Hall–Kier alpha value is -1.12. The first-order chi connectivity index (χ1) is 9.74. The van der Waals surface area contributed by atoms with Crippen molar-refractivity contribution in [3.05, 3.63) is 41.0 Å². The average Bonchev–Trinajstić information content (AvgIpc) is 2.65. The lowest BCUT2D eigenvalue weighted by Gasteiger charge is -2.27. The molecule has 3 heteroatoms. The number of fused-ring (bicyclic) bond motifs is 1. The van der Waals surface area contributed by atoms with Crippen LogP contribution in [0.25, 0.3) is 10.9 Å². The molecule has 106 valence electrons. The first kappa shape index (κ1) is 13.8. The van der Waals surface area contributed by atoms with Crippen molar-refractivity contribution in [2.24, 2.45) is 0 Å². The predicted octanol–water partition coefficient (Wildman–Crippen LogP) is 4.65. The highest BCUT2D eigenvalue weighted by Gasteiger charge is 2.18. The van der Waals surface area contributed by atoms with Crippen molar-refractivity contribution < 1.29 is 0 Å². The van der Waals surface area contributed by atoms with E-state index in [1.54, 1.807) is 0 Å². The molecule has 1 unspecified atom stereocenters. The summed E-state index contributed by atoms with van der Waals surface area (Å²) < 4.78 is 0. The maximum Gasteiger partial charge on any atom is 0.134 e. The van der Waals surface area contributed by atoms with Gasteiger partial charge in [0.25, 0.3) is 0 Å². The van der Waals surface area contributed by atoms with E-state index in [0.717, 1.165) is 17.6 Å². The Labute approximate surface area is 125 Å². The largest absolute Gasteiger partial charge is 0.296 e. The van der Waals surface area contributed by atoms with Gasteiger partial charge in [-0.2, -0.15) is 0 Å². The summed E-state index contributed by atoms with van der Waals surface area (Å²) in [4.78, 5) is 7.07. The van der Waals surface area contributed by atoms with Crippen molar-refractivity contribution in [2.75, 3.05) is 6.54 Å². The van der Waals surface area contributed by atoms with Gasteiger partial charge in [0.2, 0.25) is 0 Å². The van der Waals surface area contributed by atoms with Gasteiger partial charge in [-0.05, 0) is 38.4 Å². The molecule has 1 aliphatic rings. The molecule has 0 bridgehead atoms. The van der Waals surface area contributed by atoms with E-state index in [-0.39, 0.29) is 0 Å². The van der Waals surface area contributed by atoms with Crippen molar-refractivity contribution >= 4 is 22.5 Å². The zero-order valence-electron chi connectivity index (χ0n) is 12.0. The maximum absolute atomic E-state index is 6.37. The van der Waals surface area contributed by atoms with E-state index in [0.29, 0.717) is 11.2 Å². The fraction of sp³-hybridized carbons (Fsp3) is 0.471. The average molecular weight is 289 g/mol. The SMILES string of the molecule is CC1CCCCCN1Cc1cc2ccccc2nc1Cl. The molecule has 1 aromatic heterocycles. The van der Waals surface area contributed by atoms with Crippen LogP contribution in [-0.2, 0) is 6.54 Å². The Kier molecular flexibility index (Phi) is 4.23. The number of hydrogen-bond acceptors (Lipinski definition) is 2. The third kappa shape index (κ3) is 2.97. The molecular weight excluding hydrogens is 268 g/mol. The van der Waals surface area contributed by atoms with Crippen LogP contribution < -0.4 is 0 Å². The number of para-hydroxylation sites is 1. The molecule has 0 N–H and O–H groups in total. The number of rotatable bonds is 2. The van der Waals surface area contributed by atoms with Crippen molar-refractivity contribution in [1.82, 2.24) is 9.88 Å². The molecule has 0 spiro atoms. The minimum Gasteiger partial charge on any atom is -0.296 e. The van der Waals surface area contributed by atoms with Gasteiger partial charge in [0.1, 0.15) is 5.15 Å². The minimum atomic E-state index is 0.639. The van der Waals surface area contributed by atoms with Gasteiger partial charge in [-0.3, -0.25) is 4.90 Å². The van der Waals surface area contributed by atoms with Crippen LogP contribution in [0.1, 0.15) is 38.2 Å². The standard InChI is InChI=1S/C17H21ClN2/c1-13-7-3-2-6-10-20(13)12-15-11-14-8-4-5-9-16(14)19-17(15)18/h4-5,8-9,11,13H,2-3,6-7,10,12H2,1H3. The Morgan fingerprint density at radius 3 is 3.00 bits per heavy atom. The van der Waals surface area contributed by atoms with E-state index in [1.165, 1.54) is 37.6 Å². The first-order valence-corrected chi connectivity index (χ1v) is 7.90. The van der Waals surface area contributed by atoms with E-state index in [9.17, 15) is 0 Å². The normalized spacial score (nSPS) is 21.0. The molecule has 1 atom stereocenters. The molecule has 1 fully saturated rings. The molecule has 1 aliphatic heterocycles. The van der Waals surface area contributed by atoms with Gasteiger partial charge in [-0.1, -0.05) is 42.6 Å². The van der Waals surface area contributed by atoms with Crippen LogP contribution in [0.15, 0.2) is 30.3 Å². The Morgan fingerprint density at radius 1 is 1.25 bits per heavy atom. The minimum absolute atomic E-state index is 0.639. The number of benzene rings is 1. The zero-order chi connectivity index (χ0) is 13.9. The van der Waals surface area contributed by atoms with Gasteiger partial charge in [0.05, 0.1) is 5.52 Å². The highest BCUT2D eigenvalue weighted by molar-refractivity contribution is 6.30. The van der Waals surface area contributed by atoms with Gasteiger partial charge in [-0.15, -0.1) is 0 Å². The molecule has 20 heavy (non-hydrogen) atoms. The lowest BCUT2D eigenvalue weighted by molar-refractivity contribution is 0.205. The number of halogens is 1. The fourth-order valence-corrected chi connectivity index (χ4v) is 3.24. The monoisotopic (exact) mass is 288 g/mol. The quantitative estimate of drug-likeness (QED) is 0.748. The third-order valence-corrected chi connectivity index (χ3v) is 4.64. The summed E-state index contributed by atoms with van der Waals surface area (Å²) in [5, 5.41) is 1.83. The molecule has 2 heterocycles. The number of pyridine rings is 1. The summed E-state index contributed by atoms with van der Waals surface area (Å²) in [5.41, 5.74) is 2.13. The summed E-state index contributed by atoms with van der Waals surface area (Å²) in [6.45, 7) is 4.41. The van der Waals surface area contributed by atoms with Gasteiger partial charge < -0.3 is 0 Å². The van der Waals surface area contributed by atoms with Crippen molar-refractivity contribution in [3.8, 4) is 0 Å². The number of aromatic nitrogens is 1. The van der Waals surface area contributed by atoms with E-state index in [1.807, 2.05) is 12.1 Å². The number of hydrogen-bond donors (Lipinski definition) is 0. The zero-order valence-corrected chi connectivity index (χ0v) is 12.7. The Morgan fingerprint density at radius 2 is 2.10 bits per heavy atom. The van der Waals surface area contributed by atoms with Crippen molar-refractivity contribution in [3.63, 3.8) is 0 Å². The van der Waals surface area contributed by atoms with Gasteiger partial charge in [0, 0.05) is 23.5 Å². The van der Waals surface area contributed by atoms with Crippen LogP contribution >= 0.6 is 11.6 Å². The summed E-state index contributed by atoms with van der Waals surface area (Å²) in [6.07, 6.45) is 5.29. The molecule has 0 amide bonds. The highest BCUT2D eigenvalue weighted by Crippen LogP contribution is 2.24. The van der Waals surface area contributed by atoms with E-state index in [2.05, 4.69) is 35.0 Å². The van der Waals surface area contributed by atoms with E-state index in [4.69, 9.17) is 11.6 Å². The smallest absolute Gasteiger partial charge is 0.134 e. The molecule has 0 radical (unpaired) electrons. The summed E-state index contributed by atoms with van der Waals surface area (Å²) in [5.74, 6) is 0. The summed E-state index contributed by atoms with van der Waals surface area (Å²) in [7, 11) is 0. The second kappa shape index (κ2) is 6.11. The van der Waals surface area contributed by atoms with Gasteiger partial charge >= 0.3 is 0 Å². The van der Waals surface area contributed by atoms with Gasteiger partial charge in [0.15, 0.2) is 0 Å². The molecule has 1 aromatic carbocycles. The molecule has 1 saturated heterocycles. The van der Waals surface area contributed by atoms with Crippen LogP contribution in [-0.4, -0.2) is 22.5 Å². The third-order valence-electron chi connectivity index (χ3n) is 4.31. The van der Waals surface area contributed by atoms with Crippen LogP contribution in [0.3, 0.4) is 0 Å². The molecule has 0 saturated carbocycles. The predicted molar refractivity (Wildman–Crippen MR) is 85.1 cm³/mol. The van der Waals surface area contributed by atoms with Crippen molar-refractivity contribution in [1.29, 1.82) is 0 Å². The van der Waals surface area contributed by atoms with Crippen LogP contribution in [0.2, 0.25) is 5.15 Å². The van der Waals surface area contributed by atoms with Crippen LogP contribution in [0.5, 0.6) is 0 Å². The van der Waals surface area contributed by atoms with E-state index < -0.39 is 0 Å². The number of likely N-dealkylation sites (tertiary alicyclic amines) is 1. The first-order valence-electron chi connectivity index (χ1n) is 7.52. The number of nitrogens with zero attached hydrogens (tertiary/aromatic N) is 2. The second-order valence-corrected chi connectivity index (χ2v) is 6.16. The topological polar surface area (TPSA) is 16.1 Å². The van der Waals surface area contributed by atoms with Gasteiger partial charge in [-0.25, -0.2) is 4.98 Å². The Balaban J connectivity index is 1.87. The Bertz CT molecular complexity index is 597. The summed E-state index contributed by atoms with van der Waals surface area (Å²) >= 11 is 6.37. The van der Waals surface area contributed by atoms with E-state index >= 15 is 0 Å². The molecule has 2 nitrogen and oxygen atoms in total. The molecule has 3 rings (SSSR count). The lowest BCUT2D eigenvalue weighted by Crippen LogP contribution is -2.32. The summed E-state index contributed by atoms with van der Waals surface area (Å²) in [6, 6.07) is 11.0. The van der Waals surface area contributed by atoms with Crippen LogP contribution in [0, 0.1) is 0 Å².